The maximum Gasteiger partial charge on any atom is 0.318 e. The van der Waals surface area contributed by atoms with Crippen molar-refractivity contribution in [3.05, 3.63) is 23.2 Å². The van der Waals surface area contributed by atoms with E-state index in [1.54, 1.807) is 6.92 Å². The number of amides is 1. The van der Waals surface area contributed by atoms with E-state index in [1.807, 2.05) is 0 Å². The molecule has 0 aromatic rings. The molecule has 0 aromatic heterocycles. The topological polar surface area (TPSA) is 64.6 Å². The van der Waals surface area contributed by atoms with Crippen LogP contribution >= 0.6 is 0 Å². The molecule has 0 radical (unpaired) electrons. The van der Waals surface area contributed by atoms with E-state index in [0.29, 0.717) is 18.8 Å². The fraction of sp³-hybridized carbons (Fsp3) is 0.600. The Morgan fingerprint density at radius 3 is 3.05 bits per heavy atom. The average Bonchev–Trinajstić information content (AvgIpc) is 3.05. The molecule has 3 atom stereocenters. The molecule has 1 unspecified atom stereocenters. The summed E-state index contributed by atoms with van der Waals surface area (Å²) < 4.78 is 24.7. The van der Waals surface area contributed by atoms with Crippen molar-refractivity contribution in [3.63, 3.8) is 0 Å². The predicted molar refractivity (Wildman–Crippen MR) is 71.5 cm³/mol. The third-order valence-corrected chi connectivity index (χ3v) is 4.85. The minimum Gasteiger partial charge on any atom is -0.493 e. The number of allylic oxidation sites excluding steroid dienone is 2. The van der Waals surface area contributed by atoms with Gasteiger partial charge < -0.3 is 14.8 Å². The summed E-state index contributed by atoms with van der Waals surface area (Å²) in [5.41, 5.74) is 0.173. The second-order valence-electron chi connectivity index (χ2n) is 6.01. The van der Waals surface area contributed by atoms with Crippen LogP contribution in [0.4, 0.5) is 4.39 Å². The number of carbonyl (C=O) groups excluding carboxylic acids is 2. The molecule has 1 amide bonds. The minimum absolute atomic E-state index is 0.278. The Hall–Kier alpha value is -1.85. The number of esters is 1. The SMILES string of the molecule is COC(=O)[C@@H]1C(=O)NC[C@H]1C1(C)CC2=C(C=C1F)OCC2. The molecule has 1 N–H and O–H groups in total. The first kappa shape index (κ1) is 14.1. The third kappa shape index (κ3) is 2.04. The fourth-order valence-electron chi connectivity index (χ4n) is 3.56. The molecule has 2 heterocycles. The zero-order valence-corrected chi connectivity index (χ0v) is 12.1. The van der Waals surface area contributed by atoms with Crippen LogP contribution in [0, 0.1) is 17.3 Å². The number of rotatable bonds is 2. The van der Waals surface area contributed by atoms with E-state index >= 15 is 0 Å². The van der Waals surface area contributed by atoms with Crippen LogP contribution in [0.3, 0.4) is 0 Å². The van der Waals surface area contributed by atoms with Crippen LogP contribution in [-0.4, -0.2) is 32.1 Å². The van der Waals surface area contributed by atoms with Crippen LogP contribution in [0.2, 0.25) is 0 Å². The zero-order chi connectivity index (χ0) is 15.2. The second kappa shape index (κ2) is 4.86. The Kier molecular flexibility index (Phi) is 3.26. The molecule has 0 saturated carbocycles. The molecule has 3 rings (SSSR count). The van der Waals surface area contributed by atoms with Gasteiger partial charge in [-0.15, -0.1) is 0 Å². The highest BCUT2D eigenvalue weighted by Gasteiger charge is 2.53. The van der Waals surface area contributed by atoms with Gasteiger partial charge in [-0.2, -0.15) is 0 Å². The van der Waals surface area contributed by atoms with E-state index in [2.05, 4.69) is 5.32 Å². The minimum atomic E-state index is -0.955. The summed E-state index contributed by atoms with van der Waals surface area (Å²) in [4.78, 5) is 23.8. The first-order chi connectivity index (χ1) is 9.97. The van der Waals surface area contributed by atoms with E-state index in [0.717, 1.165) is 12.0 Å². The van der Waals surface area contributed by atoms with Gasteiger partial charge in [-0.1, -0.05) is 6.92 Å². The Balaban J connectivity index is 1.94. The van der Waals surface area contributed by atoms with Gasteiger partial charge in [0.25, 0.3) is 0 Å². The number of carbonyl (C=O) groups is 2. The molecule has 0 spiro atoms. The lowest BCUT2D eigenvalue weighted by Crippen LogP contribution is -2.39. The fourth-order valence-corrected chi connectivity index (χ4v) is 3.56. The monoisotopic (exact) mass is 295 g/mol. The summed E-state index contributed by atoms with van der Waals surface area (Å²) >= 11 is 0. The van der Waals surface area contributed by atoms with Gasteiger partial charge in [0.1, 0.15) is 17.5 Å². The summed E-state index contributed by atoms with van der Waals surface area (Å²) in [5.74, 6) is -2.13. The van der Waals surface area contributed by atoms with E-state index in [1.165, 1.54) is 13.2 Å². The summed E-state index contributed by atoms with van der Waals surface area (Å²) in [6, 6.07) is 0. The van der Waals surface area contributed by atoms with Crippen molar-refractivity contribution in [1.29, 1.82) is 0 Å². The van der Waals surface area contributed by atoms with Crippen LogP contribution in [-0.2, 0) is 19.1 Å². The van der Waals surface area contributed by atoms with Crippen LogP contribution in [0.5, 0.6) is 0 Å². The van der Waals surface area contributed by atoms with Crippen molar-refractivity contribution < 1.29 is 23.5 Å². The van der Waals surface area contributed by atoms with E-state index in [9.17, 15) is 14.0 Å². The normalized spacial score (nSPS) is 35.0. The van der Waals surface area contributed by atoms with Crippen LogP contribution in [0.25, 0.3) is 0 Å². The lowest BCUT2D eigenvalue weighted by molar-refractivity contribution is -0.151. The molecular weight excluding hydrogens is 277 g/mol. The summed E-state index contributed by atoms with van der Waals surface area (Å²) in [6.07, 6.45) is 2.65. The molecule has 3 aliphatic rings. The molecular formula is C15H18FNO4. The van der Waals surface area contributed by atoms with Crippen LogP contribution < -0.4 is 5.32 Å². The molecule has 1 saturated heterocycles. The Morgan fingerprint density at radius 2 is 2.33 bits per heavy atom. The van der Waals surface area contributed by atoms with Gasteiger partial charge in [-0.3, -0.25) is 9.59 Å². The van der Waals surface area contributed by atoms with E-state index < -0.39 is 23.2 Å². The molecule has 0 aromatic carbocycles. The highest BCUT2D eigenvalue weighted by molar-refractivity contribution is 5.99. The van der Waals surface area contributed by atoms with Crippen molar-refractivity contribution in [2.24, 2.45) is 17.3 Å². The van der Waals surface area contributed by atoms with Crippen molar-refractivity contribution >= 4 is 11.9 Å². The Labute approximate surface area is 122 Å². The lowest BCUT2D eigenvalue weighted by Gasteiger charge is -2.37. The van der Waals surface area contributed by atoms with Gasteiger partial charge in [-0.05, 0) is 12.0 Å². The van der Waals surface area contributed by atoms with E-state index in [-0.39, 0.29) is 18.3 Å². The Bertz CT molecular complexity index is 568. The first-order valence-electron chi connectivity index (χ1n) is 7.05. The summed E-state index contributed by atoms with van der Waals surface area (Å²) in [6.45, 7) is 2.61. The number of hydrogen-bond acceptors (Lipinski definition) is 4. The highest BCUT2D eigenvalue weighted by atomic mass is 19.1. The maximum absolute atomic E-state index is 14.6. The number of hydrogen-bond donors (Lipinski definition) is 1. The molecule has 21 heavy (non-hydrogen) atoms. The molecule has 1 aliphatic carbocycles. The van der Waals surface area contributed by atoms with Gasteiger partial charge >= 0.3 is 5.97 Å². The Morgan fingerprint density at radius 1 is 1.57 bits per heavy atom. The largest absolute Gasteiger partial charge is 0.493 e. The second-order valence-corrected chi connectivity index (χ2v) is 6.01. The quantitative estimate of drug-likeness (QED) is 0.619. The van der Waals surface area contributed by atoms with Crippen molar-refractivity contribution in [1.82, 2.24) is 5.32 Å². The standard InChI is InChI=1S/C15H18FNO4/c1-15(6-8-3-4-21-10(8)5-11(15)16)9-7-17-13(18)12(9)14(19)20-2/h5,9,12H,3-4,6-7H2,1-2H3,(H,17,18)/t9-,12+,15?/m1/s1. The third-order valence-electron chi connectivity index (χ3n) is 4.85. The average molecular weight is 295 g/mol. The summed E-state index contributed by atoms with van der Waals surface area (Å²) in [7, 11) is 1.24. The molecule has 0 bridgehead atoms. The number of halogens is 1. The number of methoxy groups -OCH3 is 1. The highest BCUT2D eigenvalue weighted by Crippen LogP contribution is 2.51. The molecule has 6 heteroatoms. The molecule has 1 fully saturated rings. The lowest BCUT2D eigenvalue weighted by atomic mass is 9.65. The number of ether oxygens (including phenoxy) is 2. The zero-order valence-electron chi connectivity index (χ0n) is 12.1. The van der Waals surface area contributed by atoms with Gasteiger partial charge in [0.15, 0.2) is 0 Å². The van der Waals surface area contributed by atoms with Crippen LogP contribution in [0.1, 0.15) is 19.8 Å². The smallest absolute Gasteiger partial charge is 0.318 e. The van der Waals surface area contributed by atoms with Gasteiger partial charge in [0.2, 0.25) is 5.91 Å². The van der Waals surface area contributed by atoms with Crippen molar-refractivity contribution in [2.45, 2.75) is 19.8 Å². The van der Waals surface area contributed by atoms with Crippen molar-refractivity contribution in [3.8, 4) is 0 Å². The first-order valence-corrected chi connectivity index (χ1v) is 7.05. The van der Waals surface area contributed by atoms with Gasteiger partial charge in [0, 0.05) is 30.4 Å². The van der Waals surface area contributed by atoms with Gasteiger partial charge in [-0.25, -0.2) is 4.39 Å². The van der Waals surface area contributed by atoms with E-state index in [4.69, 9.17) is 9.47 Å². The predicted octanol–water partition coefficient (Wildman–Crippen LogP) is 1.46. The van der Waals surface area contributed by atoms with Crippen LogP contribution in [0.15, 0.2) is 23.2 Å². The maximum atomic E-state index is 14.6. The summed E-state index contributed by atoms with van der Waals surface area (Å²) in [5, 5.41) is 2.66. The number of nitrogens with one attached hydrogen (secondary N) is 1. The molecule has 2 aliphatic heterocycles. The molecule has 114 valence electrons. The molecule has 5 nitrogen and oxygen atoms in total. The van der Waals surface area contributed by atoms with Crippen molar-refractivity contribution in [2.75, 3.05) is 20.3 Å². The van der Waals surface area contributed by atoms with Gasteiger partial charge in [0.05, 0.1) is 13.7 Å².